The first-order valence-electron chi connectivity index (χ1n) is 7.93. The van der Waals surface area contributed by atoms with Crippen LogP contribution < -0.4 is 5.32 Å². The molecule has 1 aliphatic heterocycles. The Hall–Kier alpha value is -1.51. The van der Waals surface area contributed by atoms with Crippen LogP contribution in [0.5, 0.6) is 0 Å². The van der Waals surface area contributed by atoms with E-state index in [9.17, 15) is 4.79 Å². The van der Waals surface area contributed by atoms with Crippen LogP contribution in [0.4, 0.5) is 5.69 Å². The Labute approximate surface area is 153 Å². The first-order chi connectivity index (χ1) is 11.2. The molecule has 125 valence electrons. The summed E-state index contributed by atoms with van der Waals surface area (Å²) >= 11 is 12.2. The van der Waals surface area contributed by atoms with Gasteiger partial charge >= 0.3 is 0 Å². The zero-order valence-corrected chi connectivity index (χ0v) is 15.5. The van der Waals surface area contributed by atoms with E-state index in [0.29, 0.717) is 16.5 Å². The Kier molecular flexibility index (Phi) is 4.39. The summed E-state index contributed by atoms with van der Waals surface area (Å²) < 4.78 is 0. The highest BCUT2D eigenvalue weighted by atomic mass is 35.5. The number of benzene rings is 2. The van der Waals surface area contributed by atoms with Crippen molar-refractivity contribution in [2.24, 2.45) is 5.41 Å². The number of hydrogen-bond donors (Lipinski definition) is 1. The lowest BCUT2D eigenvalue weighted by Gasteiger charge is -2.34. The van der Waals surface area contributed by atoms with E-state index in [-0.39, 0.29) is 11.3 Å². The molecule has 1 amide bonds. The first kappa shape index (κ1) is 17.3. The molecule has 1 radical (unpaired) electrons. The van der Waals surface area contributed by atoms with Gasteiger partial charge in [-0.3, -0.25) is 4.79 Å². The van der Waals surface area contributed by atoms with Crippen molar-refractivity contribution < 1.29 is 4.79 Å². The summed E-state index contributed by atoms with van der Waals surface area (Å²) in [4.78, 5) is 13.0. The lowest BCUT2D eigenvalue weighted by Crippen LogP contribution is -2.41. The third-order valence-corrected chi connectivity index (χ3v) is 4.64. The summed E-state index contributed by atoms with van der Waals surface area (Å²) in [5.41, 5.74) is 1.92. The largest absolute Gasteiger partial charge is 0.325 e. The van der Waals surface area contributed by atoms with Crippen LogP contribution in [0.15, 0.2) is 42.5 Å². The molecule has 2 aromatic rings. The van der Waals surface area contributed by atoms with Crippen molar-refractivity contribution in [3.05, 3.63) is 70.1 Å². The van der Waals surface area contributed by atoms with E-state index in [4.69, 9.17) is 23.2 Å². The van der Waals surface area contributed by atoms with E-state index >= 15 is 0 Å². The van der Waals surface area contributed by atoms with Crippen molar-refractivity contribution in [1.29, 1.82) is 0 Å². The minimum Gasteiger partial charge on any atom is -0.325 e. The molecule has 1 heterocycles. The fraction of sp³-hybridized carbons (Fsp3) is 0.300. The predicted octanol–water partition coefficient (Wildman–Crippen LogP) is 5.68. The average Bonchev–Trinajstić information content (AvgIpc) is 2.68. The lowest BCUT2D eigenvalue weighted by molar-refractivity contribution is -0.120. The molecule has 0 aromatic heterocycles. The Bertz CT molecular complexity index is 794. The maximum atomic E-state index is 13.0. The molecule has 0 saturated carbocycles. The summed E-state index contributed by atoms with van der Waals surface area (Å²) in [5, 5.41) is 4.29. The minimum absolute atomic E-state index is 0.0188. The van der Waals surface area contributed by atoms with E-state index < -0.39 is 5.41 Å². The van der Waals surface area contributed by atoms with Gasteiger partial charge in [-0.15, -0.1) is 0 Å². The number of hydrogen-bond acceptors (Lipinski definition) is 1. The smallest absolute Gasteiger partial charge is 0.235 e. The molecule has 4 heteroatoms. The lowest BCUT2D eigenvalue weighted by atomic mass is 9.67. The number of carbonyl (C=O) groups excluding carboxylic acids is 1. The summed E-state index contributed by atoms with van der Waals surface area (Å²) in [6.07, 6.45) is 2.70. The molecule has 0 bridgehead atoms. The van der Waals surface area contributed by atoms with Gasteiger partial charge in [0.1, 0.15) is 0 Å². The molecular formula is C20H20Cl2NO. The highest BCUT2D eigenvalue weighted by molar-refractivity contribution is 6.31. The molecule has 1 aliphatic rings. The van der Waals surface area contributed by atoms with E-state index in [1.165, 1.54) is 0 Å². The second kappa shape index (κ2) is 6.09. The summed E-state index contributed by atoms with van der Waals surface area (Å²) in [5.74, 6) is -0.0188. The van der Waals surface area contributed by atoms with Gasteiger partial charge in [-0.1, -0.05) is 62.2 Å². The van der Waals surface area contributed by atoms with Gasteiger partial charge in [-0.05, 0) is 53.6 Å². The maximum Gasteiger partial charge on any atom is 0.235 e. The Morgan fingerprint density at radius 3 is 2.46 bits per heavy atom. The summed E-state index contributed by atoms with van der Waals surface area (Å²) in [6.45, 7) is 6.32. The fourth-order valence-electron chi connectivity index (χ4n) is 3.44. The molecule has 24 heavy (non-hydrogen) atoms. The Balaban J connectivity index is 2.12. The van der Waals surface area contributed by atoms with Crippen molar-refractivity contribution in [2.45, 2.75) is 32.6 Å². The molecule has 1 unspecified atom stereocenters. The van der Waals surface area contributed by atoms with Crippen molar-refractivity contribution in [2.75, 3.05) is 5.32 Å². The zero-order valence-electron chi connectivity index (χ0n) is 14.0. The molecular weight excluding hydrogens is 341 g/mol. The average molecular weight is 361 g/mol. The topological polar surface area (TPSA) is 29.1 Å². The van der Waals surface area contributed by atoms with Gasteiger partial charge in [-0.25, -0.2) is 0 Å². The van der Waals surface area contributed by atoms with Crippen molar-refractivity contribution in [1.82, 2.24) is 0 Å². The maximum absolute atomic E-state index is 13.0. The number of nitrogens with one attached hydrogen (secondary N) is 1. The molecule has 3 rings (SSSR count). The van der Waals surface area contributed by atoms with Crippen molar-refractivity contribution >= 4 is 34.8 Å². The van der Waals surface area contributed by atoms with Crippen LogP contribution in [-0.4, -0.2) is 5.91 Å². The van der Waals surface area contributed by atoms with E-state index in [1.807, 2.05) is 42.5 Å². The quantitative estimate of drug-likeness (QED) is 0.749. The third kappa shape index (κ3) is 3.31. The number of anilines is 1. The Morgan fingerprint density at radius 2 is 1.79 bits per heavy atom. The van der Waals surface area contributed by atoms with Crippen molar-refractivity contribution in [3.63, 3.8) is 0 Å². The minimum atomic E-state index is -0.733. The molecule has 2 nitrogen and oxygen atoms in total. The predicted molar refractivity (Wildman–Crippen MR) is 101 cm³/mol. The summed E-state index contributed by atoms with van der Waals surface area (Å²) in [6, 6.07) is 13.3. The highest BCUT2D eigenvalue weighted by Gasteiger charge is 2.49. The second-order valence-corrected chi connectivity index (χ2v) is 8.31. The van der Waals surface area contributed by atoms with Gasteiger partial charge < -0.3 is 5.32 Å². The SMILES string of the molecule is CC(C)(C)[CH]C1(Cc2cccc(Cl)c2)C(=O)Nc2cc(Cl)ccc21. The van der Waals surface area contributed by atoms with Crippen LogP contribution in [0.3, 0.4) is 0 Å². The monoisotopic (exact) mass is 360 g/mol. The van der Waals surface area contributed by atoms with Gasteiger partial charge in [0.25, 0.3) is 0 Å². The number of fused-ring (bicyclic) bond motifs is 1. The molecule has 0 saturated heterocycles. The summed E-state index contributed by atoms with van der Waals surface area (Å²) in [7, 11) is 0. The number of amides is 1. The van der Waals surface area contributed by atoms with Gasteiger partial charge in [0.05, 0.1) is 5.41 Å². The number of halogens is 2. The second-order valence-electron chi connectivity index (χ2n) is 7.43. The highest BCUT2D eigenvalue weighted by Crippen LogP contribution is 2.47. The fourth-order valence-corrected chi connectivity index (χ4v) is 3.83. The van der Waals surface area contributed by atoms with Gasteiger partial charge in [0.15, 0.2) is 0 Å². The van der Waals surface area contributed by atoms with Crippen LogP contribution in [0.2, 0.25) is 10.0 Å². The zero-order chi connectivity index (χ0) is 17.5. The van der Waals surface area contributed by atoms with E-state index in [2.05, 4.69) is 32.5 Å². The van der Waals surface area contributed by atoms with E-state index in [1.54, 1.807) is 0 Å². The standard InChI is InChI=1S/C20H20Cl2NO/c1-19(2,3)12-20(11-13-5-4-6-14(21)9-13)16-8-7-15(22)10-17(16)23-18(20)24/h4-10,12H,11H2,1-3H3,(H,23,24). The van der Waals surface area contributed by atoms with Crippen LogP contribution in [0.25, 0.3) is 0 Å². The van der Waals surface area contributed by atoms with Gasteiger partial charge in [-0.2, -0.15) is 0 Å². The van der Waals surface area contributed by atoms with Crippen molar-refractivity contribution in [3.8, 4) is 0 Å². The van der Waals surface area contributed by atoms with Crippen LogP contribution in [0.1, 0.15) is 31.9 Å². The van der Waals surface area contributed by atoms with Gasteiger partial charge in [0, 0.05) is 15.7 Å². The van der Waals surface area contributed by atoms with E-state index in [0.717, 1.165) is 16.8 Å². The van der Waals surface area contributed by atoms with Crippen LogP contribution in [-0.2, 0) is 16.6 Å². The van der Waals surface area contributed by atoms with Gasteiger partial charge in [0.2, 0.25) is 5.91 Å². The molecule has 1 atom stereocenters. The third-order valence-electron chi connectivity index (χ3n) is 4.17. The Morgan fingerprint density at radius 1 is 1.08 bits per heavy atom. The number of rotatable bonds is 3. The normalized spacial score (nSPS) is 20.0. The molecule has 2 aromatic carbocycles. The molecule has 0 fully saturated rings. The molecule has 0 spiro atoms. The first-order valence-corrected chi connectivity index (χ1v) is 8.68. The van der Waals surface area contributed by atoms with Crippen LogP contribution in [0, 0.1) is 11.8 Å². The number of carbonyl (C=O) groups is 1. The van der Waals surface area contributed by atoms with Crippen LogP contribution >= 0.6 is 23.2 Å². The molecule has 1 N–H and O–H groups in total. The molecule has 0 aliphatic carbocycles.